The maximum absolute atomic E-state index is 8.03. The van der Waals surface area contributed by atoms with Gasteiger partial charge in [0.15, 0.2) is 0 Å². The smallest absolute Gasteiger partial charge is 0.0415 e. The number of hydrogen-bond donors (Lipinski definition) is 2. The van der Waals surface area contributed by atoms with E-state index < -0.39 is 0 Å². The van der Waals surface area contributed by atoms with Gasteiger partial charge in [-0.3, -0.25) is 4.90 Å². The lowest BCUT2D eigenvalue weighted by Gasteiger charge is -2.21. The average Bonchev–Trinajstić information content (AvgIpc) is 2.58. The van der Waals surface area contributed by atoms with E-state index in [0.29, 0.717) is 5.71 Å². The van der Waals surface area contributed by atoms with Crippen LogP contribution in [0.4, 0.5) is 0 Å². The van der Waals surface area contributed by atoms with Gasteiger partial charge in [0.05, 0.1) is 0 Å². The van der Waals surface area contributed by atoms with E-state index in [9.17, 15) is 0 Å². The SMILES string of the molecule is C=CCN(CCNCC)CCc1ccccc1SCC(=N)C=C(C)C. The van der Waals surface area contributed by atoms with Gasteiger partial charge in [0.2, 0.25) is 0 Å². The van der Waals surface area contributed by atoms with E-state index in [1.165, 1.54) is 16.0 Å². The van der Waals surface area contributed by atoms with Crippen LogP contribution in [0.15, 0.2) is 53.5 Å². The van der Waals surface area contributed by atoms with Crippen LogP contribution in [0, 0.1) is 5.41 Å². The standard InChI is InChI=1S/C21H33N3S/c1-5-13-24(15-12-23-6-2)14-11-19-9-7-8-10-21(19)25-17-20(22)16-18(3)4/h5,7-10,16,22-23H,1,6,11-15,17H2,2-4H3. The first-order chi connectivity index (χ1) is 12.1. The van der Waals surface area contributed by atoms with Crippen LogP contribution in [-0.4, -0.2) is 49.1 Å². The lowest BCUT2D eigenvalue weighted by Crippen LogP contribution is -2.33. The monoisotopic (exact) mass is 359 g/mol. The van der Waals surface area contributed by atoms with Crippen LogP contribution in [-0.2, 0) is 6.42 Å². The summed E-state index contributed by atoms with van der Waals surface area (Å²) < 4.78 is 0. The molecule has 1 aromatic rings. The molecule has 0 aliphatic heterocycles. The lowest BCUT2D eigenvalue weighted by atomic mass is 10.1. The van der Waals surface area contributed by atoms with E-state index in [2.05, 4.69) is 48.0 Å². The van der Waals surface area contributed by atoms with Gasteiger partial charge in [-0.2, -0.15) is 0 Å². The Hall–Kier alpha value is -1.36. The first-order valence-electron chi connectivity index (χ1n) is 9.03. The number of nitrogens with zero attached hydrogens (tertiary/aromatic N) is 1. The molecule has 0 radical (unpaired) electrons. The topological polar surface area (TPSA) is 39.1 Å². The van der Waals surface area contributed by atoms with Crippen LogP contribution in [0.3, 0.4) is 0 Å². The van der Waals surface area contributed by atoms with Crippen molar-refractivity contribution in [3.8, 4) is 0 Å². The number of hydrogen-bond acceptors (Lipinski definition) is 4. The minimum absolute atomic E-state index is 0.679. The number of allylic oxidation sites excluding steroid dienone is 2. The summed E-state index contributed by atoms with van der Waals surface area (Å²) in [6.07, 6.45) is 4.95. The summed E-state index contributed by atoms with van der Waals surface area (Å²) >= 11 is 1.76. The summed E-state index contributed by atoms with van der Waals surface area (Å²) in [6, 6.07) is 8.58. The number of benzene rings is 1. The summed E-state index contributed by atoms with van der Waals surface area (Å²) in [5.74, 6) is 0.721. The molecule has 1 aromatic carbocycles. The highest BCUT2D eigenvalue weighted by atomic mass is 32.2. The average molecular weight is 360 g/mol. The van der Waals surface area contributed by atoms with Crippen molar-refractivity contribution < 1.29 is 0 Å². The Balaban J connectivity index is 2.60. The molecule has 0 fully saturated rings. The molecule has 0 spiro atoms. The molecule has 4 heteroatoms. The molecule has 138 valence electrons. The van der Waals surface area contributed by atoms with Crippen LogP contribution in [0.2, 0.25) is 0 Å². The lowest BCUT2D eigenvalue weighted by molar-refractivity contribution is 0.305. The van der Waals surface area contributed by atoms with Crippen LogP contribution < -0.4 is 5.32 Å². The first-order valence-corrected chi connectivity index (χ1v) is 10.0. The molecule has 0 saturated carbocycles. The molecule has 0 amide bonds. The molecule has 0 atom stereocenters. The van der Waals surface area contributed by atoms with E-state index in [1.807, 2.05) is 26.0 Å². The molecule has 0 saturated heterocycles. The fraction of sp³-hybridized carbons (Fsp3) is 0.476. The van der Waals surface area contributed by atoms with Crippen molar-refractivity contribution in [3.63, 3.8) is 0 Å². The number of nitrogens with one attached hydrogen (secondary N) is 2. The van der Waals surface area contributed by atoms with Crippen molar-refractivity contribution in [1.82, 2.24) is 10.2 Å². The zero-order valence-electron chi connectivity index (χ0n) is 16.0. The Bertz CT molecular complexity index is 562. The van der Waals surface area contributed by atoms with Gasteiger partial charge in [0.1, 0.15) is 0 Å². The minimum Gasteiger partial charge on any atom is -0.316 e. The summed E-state index contributed by atoms with van der Waals surface area (Å²) in [5.41, 5.74) is 3.23. The van der Waals surface area contributed by atoms with Gasteiger partial charge >= 0.3 is 0 Å². The Morgan fingerprint density at radius 2 is 2.04 bits per heavy atom. The Labute approximate surface area is 158 Å². The Morgan fingerprint density at radius 1 is 1.28 bits per heavy atom. The molecule has 1 rings (SSSR count). The van der Waals surface area contributed by atoms with Gasteiger partial charge in [0.25, 0.3) is 0 Å². The molecule has 0 bridgehead atoms. The zero-order valence-corrected chi connectivity index (χ0v) is 16.8. The van der Waals surface area contributed by atoms with Crippen LogP contribution in [0.5, 0.6) is 0 Å². The molecule has 0 aromatic heterocycles. The van der Waals surface area contributed by atoms with Crippen LogP contribution in [0.25, 0.3) is 0 Å². The van der Waals surface area contributed by atoms with Crippen molar-refractivity contribution in [1.29, 1.82) is 5.41 Å². The predicted octanol–water partition coefficient (Wildman–Crippen LogP) is 4.40. The van der Waals surface area contributed by atoms with Gasteiger partial charge in [0, 0.05) is 42.5 Å². The van der Waals surface area contributed by atoms with E-state index in [0.717, 1.165) is 44.9 Å². The predicted molar refractivity (Wildman–Crippen MR) is 113 cm³/mol. The van der Waals surface area contributed by atoms with Gasteiger partial charge < -0.3 is 10.7 Å². The number of thioether (sulfide) groups is 1. The quantitative estimate of drug-likeness (QED) is 0.237. The van der Waals surface area contributed by atoms with Crippen molar-refractivity contribution in [2.45, 2.75) is 32.1 Å². The van der Waals surface area contributed by atoms with Crippen molar-refractivity contribution in [2.75, 3.05) is 38.5 Å². The van der Waals surface area contributed by atoms with E-state index >= 15 is 0 Å². The van der Waals surface area contributed by atoms with Gasteiger partial charge in [-0.25, -0.2) is 0 Å². The second-order valence-corrected chi connectivity index (χ2v) is 7.35. The highest BCUT2D eigenvalue weighted by Crippen LogP contribution is 2.23. The number of rotatable bonds is 13. The third kappa shape index (κ3) is 9.63. The fourth-order valence-electron chi connectivity index (χ4n) is 2.57. The third-order valence-corrected chi connectivity index (χ3v) is 4.92. The second kappa shape index (κ2) is 12.9. The van der Waals surface area contributed by atoms with E-state index in [-0.39, 0.29) is 0 Å². The van der Waals surface area contributed by atoms with Gasteiger partial charge in [-0.15, -0.1) is 18.3 Å². The first kappa shape index (κ1) is 21.7. The van der Waals surface area contributed by atoms with Crippen LogP contribution >= 0.6 is 11.8 Å². The molecule has 2 N–H and O–H groups in total. The zero-order chi connectivity index (χ0) is 18.5. The third-order valence-electron chi connectivity index (χ3n) is 3.76. The normalized spacial score (nSPS) is 10.7. The molecule has 0 aliphatic carbocycles. The minimum atomic E-state index is 0.679. The van der Waals surface area contributed by atoms with E-state index in [4.69, 9.17) is 5.41 Å². The summed E-state index contributed by atoms with van der Waals surface area (Å²) in [5, 5.41) is 11.4. The fourth-order valence-corrected chi connectivity index (χ4v) is 3.49. The highest BCUT2D eigenvalue weighted by molar-refractivity contribution is 8.00. The summed E-state index contributed by atoms with van der Waals surface area (Å²) in [7, 11) is 0. The molecule has 25 heavy (non-hydrogen) atoms. The van der Waals surface area contributed by atoms with Crippen molar-refractivity contribution in [3.05, 3.63) is 54.1 Å². The highest BCUT2D eigenvalue weighted by Gasteiger charge is 2.07. The van der Waals surface area contributed by atoms with Crippen LogP contribution in [0.1, 0.15) is 26.3 Å². The Morgan fingerprint density at radius 3 is 2.72 bits per heavy atom. The number of likely N-dealkylation sites (N-methyl/N-ethyl adjacent to an activating group) is 1. The Kier molecular flexibility index (Phi) is 11.2. The van der Waals surface area contributed by atoms with E-state index in [1.54, 1.807) is 11.8 Å². The molecule has 0 aliphatic rings. The maximum Gasteiger partial charge on any atom is 0.0415 e. The summed E-state index contributed by atoms with van der Waals surface area (Å²) in [4.78, 5) is 3.72. The largest absolute Gasteiger partial charge is 0.316 e. The van der Waals surface area contributed by atoms with Crippen molar-refractivity contribution >= 4 is 17.5 Å². The summed E-state index contributed by atoms with van der Waals surface area (Å²) in [6.45, 7) is 15.1. The molecular formula is C21H33N3S. The van der Waals surface area contributed by atoms with Gasteiger partial charge in [-0.05, 0) is 44.5 Å². The molecule has 3 nitrogen and oxygen atoms in total. The maximum atomic E-state index is 8.03. The molecule has 0 heterocycles. The molecular weight excluding hydrogens is 326 g/mol. The molecule has 0 unspecified atom stereocenters. The second-order valence-electron chi connectivity index (χ2n) is 6.34. The van der Waals surface area contributed by atoms with Crippen molar-refractivity contribution in [2.24, 2.45) is 0 Å². The van der Waals surface area contributed by atoms with Gasteiger partial charge in [-0.1, -0.05) is 36.8 Å².